The van der Waals surface area contributed by atoms with Crippen LogP contribution in [-0.4, -0.2) is 11.3 Å². The first-order chi connectivity index (χ1) is 9.85. The molecule has 114 valence electrons. The van der Waals surface area contributed by atoms with E-state index in [2.05, 4.69) is 0 Å². The molecule has 5 heteroatoms. The monoisotopic (exact) mass is 300 g/mol. The molecule has 3 saturated carbocycles. The lowest BCUT2D eigenvalue weighted by Crippen LogP contribution is -2.30. The van der Waals surface area contributed by atoms with Crippen LogP contribution in [0, 0.1) is 5.82 Å². The molecule has 1 N–H and O–H groups in total. The van der Waals surface area contributed by atoms with E-state index in [0.717, 1.165) is 12.8 Å². The topological polar surface area (TPSA) is 20.2 Å². The summed E-state index contributed by atoms with van der Waals surface area (Å²) in [4.78, 5) is 0. The largest absolute Gasteiger partial charge is 0.505 e. The highest BCUT2D eigenvalue weighted by Gasteiger charge is 2.65. The molecule has 1 nitrogen and oxygen atoms in total. The summed E-state index contributed by atoms with van der Waals surface area (Å²) in [6, 6.07) is 1.46. The van der Waals surface area contributed by atoms with Gasteiger partial charge in [0.05, 0.1) is 5.41 Å². The van der Waals surface area contributed by atoms with Crippen molar-refractivity contribution in [3.05, 3.63) is 28.6 Å². The van der Waals surface area contributed by atoms with E-state index in [-0.39, 0.29) is 35.8 Å². The van der Waals surface area contributed by atoms with Crippen LogP contribution in [0.5, 0.6) is 5.75 Å². The molecular weight excluding hydrogens is 284 g/mol. The summed E-state index contributed by atoms with van der Waals surface area (Å²) in [5, 5.41) is 10.0. The average molecular weight is 300 g/mol. The smallest absolute Gasteiger partial charge is 0.398 e. The Morgan fingerprint density at radius 3 is 2.05 bits per heavy atom. The number of halogens is 4. The van der Waals surface area contributed by atoms with Gasteiger partial charge < -0.3 is 5.11 Å². The van der Waals surface area contributed by atoms with Gasteiger partial charge in [-0.1, -0.05) is 6.07 Å². The quantitative estimate of drug-likeness (QED) is 0.789. The highest BCUT2D eigenvalue weighted by molar-refractivity contribution is 5.54. The Hall–Kier alpha value is -1.26. The molecule has 3 fully saturated rings. The Bertz CT molecular complexity index is 608. The SMILES string of the molecule is Oc1c(C2CC2)cc(C2(C(F)(F)F)CC2)c(C2CC2)c1F. The minimum atomic E-state index is -4.35. The number of aromatic hydroxyl groups is 1. The fourth-order valence-electron chi connectivity index (χ4n) is 3.38. The zero-order valence-corrected chi connectivity index (χ0v) is 11.4. The molecule has 21 heavy (non-hydrogen) atoms. The molecule has 1 aromatic rings. The lowest BCUT2D eigenvalue weighted by molar-refractivity contribution is -0.160. The Kier molecular flexibility index (Phi) is 2.51. The molecule has 0 aliphatic heterocycles. The molecule has 0 atom stereocenters. The third kappa shape index (κ3) is 1.89. The van der Waals surface area contributed by atoms with Crippen molar-refractivity contribution < 1.29 is 22.7 Å². The standard InChI is InChI=1S/C16H16F4O/c17-13-12(9-3-4-9)11(15(5-6-15)16(18,19)20)7-10(14(13)21)8-1-2-8/h7-9,21H,1-6H2. The van der Waals surface area contributed by atoms with Gasteiger partial charge >= 0.3 is 6.18 Å². The van der Waals surface area contributed by atoms with Crippen LogP contribution in [0.3, 0.4) is 0 Å². The number of hydrogen-bond acceptors (Lipinski definition) is 1. The third-order valence-electron chi connectivity index (χ3n) is 5.12. The Morgan fingerprint density at radius 2 is 1.62 bits per heavy atom. The Balaban J connectivity index is 1.92. The van der Waals surface area contributed by atoms with Gasteiger partial charge in [0.1, 0.15) is 0 Å². The van der Waals surface area contributed by atoms with Crippen LogP contribution >= 0.6 is 0 Å². The molecule has 3 aliphatic carbocycles. The first kappa shape index (κ1) is 13.4. The maximum absolute atomic E-state index is 14.5. The lowest BCUT2D eigenvalue weighted by Gasteiger charge is -2.24. The summed E-state index contributed by atoms with van der Waals surface area (Å²) in [5.74, 6) is -1.34. The summed E-state index contributed by atoms with van der Waals surface area (Å²) in [7, 11) is 0. The second-order valence-electron chi connectivity index (χ2n) is 6.72. The van der Waals surface area contributed by atoms with E-state index >= 15 is 0 Å². The second-order valence-corrected chi connectivity index (χ2v) is 6.72. The van der Waals surface area contributed by atoms with Gasteiger partial charge in [0.2, 0.25) is 0 Å². The van der Waals surface area contributed by atoms with Crippen molar-refractivity contribution in [3.63, 3.8) is 0 Å². The lowest BCUT2D eigenvalue weighted by atomic mass is 9.85. The number of hydrogen-bond donors (Lipinski definition) is 1. The van der Waals surface area contributed by atoms with Gasteiger partial charge in [-0.3, -0.25) is 0 Å². The summed E-state index contributed by atoms with van der Waals surface area (Å²) >= 11 is 0. The maximum Gasteiger partial charge on any atom is 0.398 e. The van der Waals surface area contributed by atoms with Crippen molar-refractivity contribution in [1.82, 2.24) is 0 Å². The normalized spacial score (nSPS) is 24.2. The summed E-state index contributed by atoms with van der Waals surface area (Å²) in [5.41, 5.74) is -1.26. The summed E-state index contributed by atoms with van der Waals surface area (Å²) in [6.07, 6.45) is -1.24. The number of alkyl halides is 3. The van der Waals surface area contributed by atoms with Gasteiger partial charge in [0.15, 0.2) is 11.6 Å². The maximum atomic E-state index is 14.5. The van der Waals surface area contributed by atoms with Crippen LogP contribution in [0.15, 0.2) is 6.07 Å². The first-order valence-corrected chi connectivity index (χ1v) is 7.47. The minimum absolute atomic E-state index is 0.0236. The van der Waals surface area contributed by atoms with Crippen molar-refractivity contribution in [2.45, 2.75) is 62.0 Å². The van der Waals surface area contributed by atoms with E-state index in [1.807, 2.05) is 0 Å². The third-order valence-corrected chi connectivity index (χ3v) is 5.12. The molecule has 4 rings (SSSR count). The van der Waals surface area contributed by atoms with Crippen LogP contribution < -0.4 is 0 Å². The first-order valence-electron chi connectivity index (χ1n) is 7.47. The second kappa shape index (κ2) is 3.93. The molecule has 0 heterocycles. The van der Waals surface area contributed by atoms with Crippen LogP contribution in [0.4, 0.5) is 17.6 Å². The molecule has 0 amide bonds. The predicted molar refractivity (Wildman–Crippen MR) is 69.0 cm³/mol. The van der Waals surface area contributed by atoms with E-state index in [4.69, 9.17) is 0 Å². The van der Waals surface area contributed by atoms with Crippen molar-refractivity contribution in [3.8, 4) is 5.75 Å². The number of phenolic OH excluding ortho intramolecular Hbond substituents is 1. The zero-order valence-electron chi connectivity index (χ0n) is 11.4. The number of rotatable bonds is 3. The average Bonchev–Trinajstić information content (AvgIpc) is 3.25. The fourth-order valence-corrected chi connectivity index (χ4v) is 3.38. The molecular formula is C16H16F4O. The predicted octanol–water partition coefficient (Wildman–Crippen LogP) is 4.88. The summed E-state index contributed by atoms with van der Waals surface area (Å²) < 4.78 is 54.9. The molecule has 0 spiro atoms. The molecule has 0 radical (unpaired) electrons. The molecule has 0 aromatic heterocycles. The Morgan fingerprint density at radius 1 is 1.05 bits per heavy atom. The van der Waals surface area contributed by atoms with Gasteiger partial charge in [0.25, 0.3) is 0 Å². The van der Waals surface area contributed by atoms with Crippen LogP contribution in [0.2, 0.25) is 0 Å². The van der Waals surface area contributed by atoms with E-state index in [9.17, 15) is 22.7 Å². The van der Waals surface area contributed by atoms with E-state index < -0.39 is 23.2 Å². The molecule has 1 aromatic carbocycles. The molecule has 0 unspecified atom stereocenters. The number of benzene rings is 1. The van der Waals surface area contributed by atoms with Crippen molar-refractivity contribution in [2.24, 2.45) is 0 Å². The van der Waals surface area contributed by atoms with Gasteiger partial charge in [-0.05, 0) is 61.5 Å². The molecule has 3 aliphatic rings. The number of phenols is 1. The van der Waals surface area contributed by atoms with Gasteiger partial charge in [-0.25, -0.2) is 4.39 Å². The molecule has 0 bridgehead atoms. The van der Waals surface area contributed by atoms with Crippen molar-refractivity contribution in [1.29, 1.82) is 0 Å². The fraction of sp³-hybridized carbons (Fsp3) is 0.625. The summed E-state index contributed by atoms with van der Waals surface area (Å²) in [6.45, 7) is 0. The van der Waals surface area contributed by atoms with E-state index in [1.54, 1.807) is 0 Å². The van der Waals surface area contributed by atoms with Crippen LogP contribution in [-0.2, 0) is 5.41 Å². The van der Waals surface area contributed by atoms with Gasteiger partial charge in [-0.15, -0.1) is 0 Å². The highest BCUT2D eigenvalue weighted by atomic mass is 19.4. The van der Waals surface area contributed by atoms with Gasteiger partial charge in [-0.2, -0.15) is 13.2 Å². The van der Waals surface area contributed by atoms with Crippen LogP contribution in [0.25, 0.3) is 0 Å². The van der Waals surface area contributed by atoms with E-state index in [0.29, 0.717) is 18.4 Å². The van der Waals surface area contributed by atoms with E-state index in [1.165, 1.54) is 6.07 Å². The zero-order chi connectivity index (χ0) is 15.0. The Labute approximate surface area is 120 Å². The van der Waals surface area contributed by atoms with Gasteiger partial charge in [0, 0.05) is 5.56 Å². The molecule has 0 saturated heterocycles. The van der Waals surface area contributed by atoms with Crippen molar-refractivity contribution >= 4 is 0 Å². The van der Waals surface area contributed by atoms with Crippen molar-refractivity contribution in [2.75, 3.05) is 0 Å². The minimum Gasteiger partial charge on any atom is -0.505 e. The van der Waals surface area contributed by atoms with Crippen LogP contribution in [0.1, 0.15) is 67.1 Å². The highest BCUT2D eigenvalue weighted by Crippen LogP contribution is 2.63.